The Morgan fingerprint density at radius 3 is 2.56 bits per heavy atom. The second-order valence-corrected chi connectivity index (χ2v) is 10.0. The van der Waals surface area contributed by atoms with Gasteiger partial charge in [0.25, 0.3) is 0 Å². The Hall–Kier alpha value is -2.27. The van der Waals surface area contributed by atoms with Crippen molar-refractivity contribution < 1.29 is 9.59 Å². The monoisotopic (exact) mass is 452 g/mol. The smallest absolute Gasteiger partial charge is 0.223 e. The highest BCUT2D eigenvalue weighted by atomic mass is 32.2. The fraction of sp³-hybridized carbons (Fsp3) is 0.481. The number of nitrogens with one attached hydrogen (secondary N) is 1. The van der Waals surface area contributed by atoms with Gasteiger partial charge in [-0.05, 0) is 69.4 Å². The predicted octanol–water partition coefficient (Wildman–Crippen LogP) is 5.45. The minimum Gasteiger partial charge on any atom is -0.350 e. The van der Waals surface area contributed by atoms with Crippen LogP contribution >= 0.6 is 11.8 Å². The molecule has 172 valence electrons. The van der Waals surface area contributed by atoms with E-state index in [0.29, 0.717) is 19.3 Å². The number of hydrogen-bond acceptors (Lipinski definition) is 3. The number of nitrogens with zero attached hydrogens (tertiary/aromatic N) is 1. The minimum atomic E-state index is -0.350. The summed E-state index contributed by atoms with van der Waals surface area (Å²) in [6.45, 7) is 9.94. The minimum absolute atomic E-state index is 0.0481. The van der Waals surface area contributed by atoms with Gasteiger partial charge < -0.3 is 10.2 Å². The molecular weight excluding hydrogens is 416 g/mol. The maximum Gasteiger partial charge on any atom is 0.223 e. The Kier molecular flexibility index (Phi) is 8.41. The highest BCUT2D eigenvalue weighted by Crippen LogP contribution is 2.33. The quantitative estimate of drug-likeness (QED) is 0.379. The molecule has 2 amide bonds. The summed E-state index contributed by atoms with van der Waals surface area (Å²) in [5.74, 6) is 0.245. The van der Waals surface area contributed by atoms with Gasteiger partial charge in [-0.2, -0.15) is 0 Å². The summed E-state index contributed by atoms with van der Waals surface area (Å²) in [5.41, 5.74) is 2.17. The SMILES string of the molecule is C=CC[C@H]1CC(C)=C[C@H](CC=C)N1C(=O)CCC1(Cc2ccc(SC)cc2)CCC(=O)N1. The molecule has 0 saturated carbocycles. The van der Waals surface area contributed by atoms with Gasteiger partial charge in [-0.1, -0.05) is 35.9 Å². The van der Waals surface area contributed by atoms with E-state index in [2.05, 4.69) is 62.0 Å². The van der Waals surface area contributed by atoms with Crippen LogP contribution in [0.3, 0.4) is 0 Å². The first-order chi connectivity index (χ1) is 15.4. The van der Waals surface area contributed by atoms with E-state index in [0.717, 1.165) is 32.1 Å². The standard InChI is InChI=1S/C27H36N2O2S/c1-5-7-22-17-20(3)18-23(8-6-2)29(22)26(31)14-16-27(15-13-25(30)28-27)19-21-9-11-24(32-4)12-10-21/h5-6,9-12,17,22-23H,1-2,7-8,13-16,18-19H2,3-4H3,(H,28,30)/t22-,23-,27?/m0/s1. The molecule has 2 aliphatic rings. The van der Waals surface area contributed by atoms with Crippen LogP contribution < -0.4 is 5.32 Å². The molecule has 2 heterocycles. The lowest BCUT2D eigenvalue weighted by molar-refractivity contribution is -0.136. The van der Waals surface area contributed by atoms with Crippen molar-refractivity contribution in [2.45, 2.75) is 80.8 Å². The van der Waals surface area contributed by atoms with Crippen molar-refractivity contribution in [3.8, 4) is 0 Å². The first kappa shape index (κ1) is 24.4. The molecule has 0 bridgehead atoms. The molecule has 1 unspecified atom stereocenters. The summed E-state index contributed by atoms with van der Waals surface area (Å²) in [6, 6.07) is 8.71. The number of benzene rings is 1. The van der Waals surface area contributed by atoms with Crippen LogP contribution in [0.5, 0.6) is 0 Å². The largest absolute Gasteiger partial charge is 0.350 e. The van der Waals surface area contributed by atoms with Gasteiger partial charge in [0.05, 0.1) is 6.04 Å². The van der Waals surface area contributed by atoms with Crippen LogP contribution in [0.2, 0.25) is 0 Å². The summed E-state index contributed by atoms with van der Waals surface area (Å²) in [4.78, 5) is 28.9. The second kappa shape index (κ2) is 11.0. The van der Waals surface area contributed by atoms with E-state index in [9.17, 15) is 9.59 Å². The number of amides is 2. The van der Waals surface area contributed by atoms with Crippen molar-refractivity contribution in [3.63, 3.8) is 0 Å². The van der Waals surface area contributed by atoms with Crippen LogP contribution in [0.1, 0.15) is 57.4 Å². The molecule has 1 aromatic rings. The van der Waals surface area contributed by atoms with Crippen LogP contribution in [-0.4, -0.2) is 40.6 Å². The van der Waals surface area contributed by atoms with E-state index < -0.39 is 0 Å². The van der Waals surface area contributed by atoms with E-state index in [1.54, 1.807) is 11.8 Å². The van der Waals surface area contributed by atoms with Crippen molar-refractivity contribution >= 4 is 23.6 Å². The average Bonchev–Trinajstić information content (AvgIpc) is 3.13. The third kappa shape index (κ3) is 5.94. The fourth-order valence-corrected chi connectivity index (χ4v) is 5.55. The normalized spacial score (nSPS) is 25.2. The maximum atomic E-state index is 13.5. The molecule has 3 atom stereocenters. The van der Waals surface area contributed by atoms with E-state index in [1.165, 1.54) is 16.0 Å². The molecule has 0 spiro atoms. The van der Waals surface area contributed by atoms with Crippen LogP contribution in [0, 0.1) is 0 Å². The zero-order chi connectivity index (χ0) is 23.1. The number of thioether (sulfide) groups is 1. The van der Waals surface area contributed by atoms with Crippen molar-refractivity contribution in [2.75, 3.05) is 6.26 Å². The first-order valence-electron chi connectivity index (χ1n) is 11.5. The second-order valence-electron chi connectivity index (χ2n) is 9.14. The van der Waals surface area contributed by atoms with Crippen molar-refractivity contribution in [2.24, 2.45) is 0 Å². The average molecular weight is 453 g/mol. The van der Waals surface area contributed by atoms with E-state index in [-0.39, 0.29) is 29.4 Å². The summed E-state index contributed by atoms with van der Waals surface area (Å²) >= 11 is 1.72. The molecule has 1 aromatic carbocycles. The topological polar surface area (TPSA) is 49.4 Å². The third-order valence-corrected chi connectivity index (χ3v) is 7.42. The molecule has 0 aromatic heterocycles. The van der Waals surface area contributed by atoms with Crippen molar-refractivity contribution in [1.82, 2.24) is 10.2 Å². The van der Waals surface area contributed by atoms with E-state index in [1.807, 2.05) is 17.1 Å². The maximum absolute atomic E-state index is 13.5. The zero-order valence-electron chi connectivity index (χ0n) is 19.4. The molecule has 1 saturated heterocycles. The third-order valence-electron chi connectivity index (χ3n) is 6.67. The van der Waals surface area contributed by atoms with Gasteiger partial charge in [-0.25, -0.2) is 0 Å². The first-order valence-corrected chi connectivity index (χ1v) is 12.8. The zero-order valence-corrected chi connectivity index (χ0v) is 20.3. The summed E-state index contributed by atoms with van der Waals surface area (Å²) in [7, 11) is 0. The molecule has 32 heavy (non-hydrogen) atoms. The van der Waals surface area contributed by atoms with E-state index in [4.69, 9.17) is 0 Å². The fourth-order valence-electron chi connectivity index (χ4n) is 5.14. The van der Waals surface area contributed by atoms with Crippen LogP contribution in [0.25, 0.3) is 0 Å². The molecule has 2 aliphatic heterocycles. The highest BCUT2D eigenvalue weighted by Gasteiger charge is 2.39. The Labute approximate surface area is 197 Å². The van der Waals surface area contributed by atoms with Crippen LogP contribution in [0.15, 0.2) is 66.1 Å². The molecule has 0 aliphatic carbocycles. The van der Waals surface area contributed by atoms with Gasteiger partial charge in [0.1, 0.15) is 0 Å². The Balaban J connectivity index is 1.75. The molecule has 1 N–H and O–H groups in total. The van der Waals surface area contributed by atoms with Gasteiger partial charge in [-0.3, -0.25) is 9.59 Å². The number of hydrogen-bond donors (Lipinski definition) is 1. The van der Waals surface area contributed by atoms with E-state index >= 15 is 0 Å². The Morgan fingerprint density at radius 1 is 1.25 bits per heavy atom. The van der Waals surface area contributed by atoms with Crippen molar-refractivity contribution in [3.05, 3.63) is 66.8 Å². The van der Waals surface area contributed by atoms with Crippen LogP contribution in [0.4, 0.5) is 0 Å². The van der Waals surface area contributed by atoms with Gasteiger partial charge in [0, 0.05) is 29.3 Å². The molecule has 3 rings (SSSR count). The summed E-state index contributed by atoms with van der Waals surface area (Å²) in [6.07, 6.45) is 13.6. The van der Waals surface area contributed by atoms with Crippen LogP contribution in [-0.2, 0) is 16.0 Å². The summed E-state index contributed by atoms with van der Waals surface area (Å²) in [5, 5.41) is 3.22. The van der Waals surface area contributed by atoms with Gasteiger partial charge in [0.2, 0.25) is 11.8 Å². The van der Waals surface area contributed by atoms with Crippen molar-refractivity contribution in [1.29, 1.82) is 0 Å². The Bertz CT molecular complexity index is 876. The molecule has 0 radical (unpaired) electrons. The lowest BCUT2D eigenvalue weighted by Crippen LogP contribution is -2.50. The van der Waals surface area contributed by atoms with Gasteiger partial charge in [-0.15, -0.1) is 24.9 Å². The lowest BCUT2D eigenvalue weighted by Gasteiger charge is -2.41. The summed E-state index contributed by atoms with van der Waals surface area (Å²) < 4.78 is 0. The molecule has 4 nitrogen and oxygen atoms in total. The van der Waals surface area contributed by atoms with Gasteiger partial charge in [0.15, 0.2) is 0 Å². The lowest BCUT2D eigenvalue weighted by atomic mass is 9.84. The van der Waals surface area contributed by atoms with Gasteiger partial charge >= 0.3 is 0 Å². The molecule has 5 heteroatoms. The number of carbonyl (C=O) groups is 2. The number of rotatable bonds is 10. The molecule has 1 fully saturated rings. The molecular formula is C27H36N2O2S. The highest BCUT2D eigenvalue weighted by molar-refractivity contribution is 7.98. The number of carbonyl (C=O) groups excluding carboxylic acids is 2. The Morgan fingerprint density at radius 2 is 1.97 bits per heavy atom. The predicted molar refractivity (Wildman–Crippen MR) is 134 cm³/mol.